The van der Waals surface area contributed by atoms with Crippen molar-refractivity contribution in [3.63, 3.8) is 0 Å². The molecule has 0 atom stereocenters. The molecule has 1 fully saturated rings. The largest absolute Gasteiger partial charge is 0.368 e. The van der Waals surface area contributed by atoms with E-state index >= 15 is 0 Å². The Hall–Kier alpha value is -3.22. The molecule has 0 aliphatic heterocycles. The topological polar surface area (TPSA) is 102 Å². The lowest BCUT2D eigenvalue weighted by Crippen LogP contribution is -2.06. The Morgan fingerprint density at radius 3 is 2.60 bits per heavy atom. The third kappa shape index (κ3) is 3.65. The molecule has 1 aliphatic carbocycles. The molecule has 0 amide bonds. The predicted octanol–water partition coefficient (Wildman–Crippen LogP) is 3.14. The summed E-state index contributed by atoms with van der Waals surface area (Å²) in [7, 11) is 0. The van der Waals surface area contributed by atoms with Gasteiger partial charge in [0.05, 0.1) is 5.69 Å². The molecule has 7 heteroatoms. The average Bonchev–Trinajstić information content (AvgIpc) is 3.42. The molecule has 4 N–H and O–H groups in total. The van der Waals surface area contributed by atoms with Crippen molar-refractivity contribution in [1.82, 2.24) is 19.9 Å². The second-order valence-electron chi connectivity index (χ2n) is 6.15. The Kier molecular flexibility index (Phi) is 3.89. The quantitative estimate of drug-likeness (QED) is 0.659. The van der Waals surface area contributed by atoms with Crippen LogP contribution in [0.5, 0.6) is 0 Å². The van der Waals surface area contributed by atoms with Crippen LogP contribution in [-0.4, -0.2) is 26.0 Å². The first-order valence-electron chi connectivity index (χ1n) is 8.23. The summed E-state index contributed by atoms with van der Waals surface area (Å²) in [5, 5.41) is 6.59. The summed E-state index contributed by atoms with van der Waals surface area (Å²) in [5.74, 6) is 1.70. The van der Waals surface area contributed by atoms with Gasteiger partial charge in [-0.25, -0.2) is 15.0 Å². The molecule has 7 nitrogen and oxygen atoms in total. The van der Waals surface area contributed by atoms with E-state index in [4.69, 9.17) is 5.73 Å². The summed E-state index contributed by atoms with van der Waals surface area (Å²) in [6, 6.07) is 10.4. The fourth-order valence-electron chi connectivity index (χ4n) is 2.52. The van der Waals surface area contributed by atoms with Crippen LogP contribution in [0.1, 0.15) is 18.4 Å². The Labute approximate surface area is 145 Å². The van der Waals surface area contributed by atoms with E-state index < -0.39 is 0 Å². The third-order valence-electron chi connectivity index (χ3n) is 3.99. The fourth-order valence-corrected chi connectivity index (χ4v) is 2.52. The van der Waals surface area contributed by atoms with Crippen molar-refractivity contribution in [2.24, 2.45) is 0 Å². The minimum absolute atomic E-state index is 0.277. The highest BCUT2D eigenvalue weighted by atomic mass is 15.2. The molecule has 2 heterocycles. The van der Waals surface area contributed by atoms with Crippen LogP contribution >= 0.6 is 0 Å². The summed E-state index contributed by atoms with van der Waals surface area (Å²) >= 11 is 0. The Morgan fingerprint density at radius 1 is 1.04 bits per heavy atom. The SMILES string of the molecule is Cc1cnc(N)nc1-c1ccc(Nc2ccnc(NC3CC3)n2)cc1. The molecule has 0 unspecified atom stereocenters. The minimum Gasteiger partial charge on any atom is -0.368 e. The number of nitrogens with one attached hydrogen (secondary N) is 2. The van der Waals surface area contributed by atoms with Gasteiger partial charge < -0.3 is 16.4 Å². The number of hydrogen-bond acceptors (Lipinski definition) is 7. The zero-order chi connectivity index (χ0) is 17.2. The van der Waals surface area contributed by atoms with Crippen LogP contribution in [0.25, 0.3) is 11.3 Å². The first-order chi connectivity index (χ1) is 12.2. The smallest absolute Gasteiger partial charge is 0.224 e. The molecule has 1 aromatic carbocycles. The summed E-state index contributed by atoms with van der Waals surface area (Å²) in [5.41, 5.74) is 9.47. The lowest BCUT2D eigenvalue weighted by Gasteiger charge is -2.09. The number of anilines is 4. The third-order valence-corrected chi connectivity index (χ3v) is 3.99. The maximum atomic E-state index is 5.70. The van der Waals surface area contributed by atoms with Crippen LogP contribution in [0, 0.1) is 6.92 Å². The zero-order valence-electron chi connectivity index (χ0n) is 13.9. The zero-order valence-corrected chi connectivity index (χ0v) is 13.9. The fraction of sp³-hybridized carbons (Fsp3) is 0.222. The number of nitrogens with zero attached hydrogens (tertiary/aromatic N) is 4. The lowest BCUT2D eigenvalue weighted by molar-refractivity contribution is 1.05. The number of rotatable bonds is 5. The van der Waals surface area contributed by atoms with E-state index in [0.29, 0.717) is 12.0 Å². The van der Waals surface area contributed by atoms with Gasteiger partial charge in [0.2, 0.25) is 11.9 Å². The summed E-state index contributed by atoms with van der Waals surface area (Å²) < 4.78 is 0. The molecule has 25 heavy (non-hydrogen) atoms. The number of aryl methyl sites for hydroxylation is 1. The second kappa shape index (κ2) is 6.35. The van der Waals surface area contributed by atoms with Gasteiger partial charge in [-0.1, -0.05) is 12.1 Å². The van der Waals surface area contributed by atoms with Crippen LogP contribution in [0.3, 0.4) is 0 Å². The highest BCUT2D eigenvalue weighted by Gasteiger charge is 2.21. The number of aromatic nitrogens is 4. The standard InChI is InChI=1S/C18H19N7/c1-11-10-21-17(19)25-16(11)12-2-4-13(5-3-12)22-15-8-9-20-18(24-15)23-14-6-7-14/h2-5,8-10,14H,6-7H2,1H3,(H2,19,21,25)(H2,20,22,23,24). The monoisotopic (exact) mass is 333 g/mol. The molecule has 126 valence electrons. The van der Waals surface area contributed by atoms with Gasteiger partial charge in [0.1, 0.15) is 5.82 Å². The number of hydrogen-bond donors (Lipinski definition) is 3. The van der Waals surface area contributed by atoms with Crippen molar-refractivity contribution < 1.29 is 0 Å². The van der Waals surface area contributed by atoms with Crippen LogP contribution < -0.4 is 16.4 Å². The Balaban J connectivity index is 1.51. The molecule has 1 aliphatic rings. The van der Waals surface area contributed by atoms with E-state index in [9.17, 15) is 0 Å². The van der Waals surface area contributed by atoms with E-state index in [-0.39, 0.29) is 5.95 Å². The normalized spacial score (nSPS) is 13.5. The van der Waals surface area contributed by atoms with Gasteiger partial charge in [0.25, 0.3) is 0 Å². The number of benzene rings is 1. The first-order valence-corrected chi connectivity index (χ1v) is 8.23. The van der Waals surface area contributed by atoms with E-state index in [1.54, 1.807) is 12.4 Å². The molecule has 0 saturated heterocycles. The Bertz CT molecular complexity index is 888. The highest BCUT2D eigenvalue weighted by molar-refractivity contribution is 5.67. The molecular formula is C18H19N7. The van der Waals surface area contributed by atoms with E-state index in [0.717, 1.165) is 28.3 Å². The molecule has 2 aromatic heterocycles. The van der Waals surface area contributed by atoms with Crippen LogP contribution in [-0.2, 0) is 0 Å². The van der Waals surface area contributed by atoms with Crippen LogP contribution in [0.4, 0.5) is 23.4 Å². The molecular weight excluding hydrogens is 314 g/mol. The first kappa shape index (κ1) is 15.3. The van der Waals surface area contributed by atoms with Crippen molar-refractivity contribution >= 4 is 23.4 Å². The maximum Gasteiger partial charge on any atom is 0.224 e. The molecule has 0 radical (unpaired) electrons. The molecule has 1 saturated carbocycles. The number of nitrogens with two attached hydrogens (primary N) is 1. The Morgan fingerprint density at radius 2 is 1.84 bits per heavy atom. The lowest BCUT2D eigenvalue weighted by atomic mass is 10.1. The van der Waals surface area contributed by atoms with Crippen molar-refractivity contribution in [2.45, 2.75) is 25.8 Å². The maximum absolute atomic E-state index is 5.70. The second-order valence-corrected chi connectivity index (χ2v) is 6.15. The summed E-state index contributed by atoms with van der Waals surface area (Å²) in [6.07, 6.45) is 5.87. The molecule has 3 aromatic rings. The van der Waals surface area contributed by atoms with E-state index in [1.165, 1.54) is 12.8 Å². The highest BCUT2D eigenvalue weighted by Crippen LogP contribution is 2.25. The summed E-state index contributed by atoms with van der Waals surface area (Å²) in [4.78, 5) is 17.1. The molecule has 0 spiro atoms. The van der Waals surface area contributed by atoms with Gasteiger partial charge in [-0.05, 0) is 43.5 Å². The molecule has 0 bridgehead atoms. The van der Waals surface area contributed by atoms with Gasteiger partial charge in [-0.15, -0.1) is 0 Å². The van der Waals surface area contributed by atoms with Gasteiger partial charge in [0.15, 0.2) is 0 Å². The van der Waals surface area contributed by atoms with Gasteiger partial charge in [-0.2, -0.15) is 4.98 Å². The van der Waals surface area contributed by atoms with Crippen LogP contribution in [0.2, 0.25) is 0 Å². The van der Waals surface area contributed by atoms with Crippen molar-refractivity contribution in [3.8, 4) is 11.3 Å². The summed E-state index contributed by atoms with van der Waals surface area (Å²) in [6.45, 7) is 1.97. The van der Waals surface area contributed by atoms with Crippen LogP contribution in [0.15, 0.2) is 42.7 Å². The van der Waals surface area contributed by atoms with Crippen molar-refractivity contribution in [1.29, 1.82) is 0 Å². The van der Waals surface area contributed by atoms with Gasteiger partial charge >= 0.3 is 0 Å². The number of nitrogen functional groups attached to an aromatic ring is 1. The van der Waals surface area contributed by atoms with Crippen molar-refractivity contribution in [2.75, 3.05) is 16.4 Å². The van der Waals surface area contributed by atoms with E-state index in [1.807, 2.05) is 37.3 Å². The van der Waals surface area contributed by atoms with Crippen molar-refractivity contribution in [3.05, 3.63) is 48.3 Å². The van der Waals surface area contributed by atoms with Gasteiger partial charge in [0, 0.05) is 29.7 Å². The molecule has 4 rings (SSSR count). The predicted molar refractivity (Wildman–Crippen MR) is 98.6 cm³/mol. The van der Waals surface area contributed by atoms with Gasteiger partial charge in [-0.3, -0.25) is 0 Å². The van der Waals surface area contributed by atoms with E-state index in [2.05, 4.69) is 30.6 Å². The average molecular weight is 333 g/mol. The minimum atomic E-state index is 0.277.